The normalized spacial score (nSPS) is 11.9. The fourth-order valence-corrected chi connectivity index (χ4v) is 7.60. The third kappa shape index (κ3) is 3.43. The van der Waals surface area contributed by atoms with Gasteiger partial charge in [-0.3, -0.25) is 0 Å². The SMILES string of the molecule is c1ccc(N(c2ccc3oc4ccccc4c3c2)c2ccc3ccc4ccc5c6ccccc6sc5c4c3c2)cc1. The zero-order valence-corrected chi connectivity index (χ0v) is 22.9. The van der Waals surface area contributed by atoms with Crippen LogP contribution in [0.1, 0.15) is 0 Å². The first-order valence-corrected chi connectivity index (χ1v) is 14.7. The van der Waals surface area contributed by atoms with Gasteiger partial charge in [0.15, 0.2) is 0 Å². The van der Waals surface area contributed by atoms with Gasteiger partial charge in [0.2, 0.25) is 0 Å². The molecular formula is C38H23NOS. The minimum atomic E-state index is 0.902. The molecule has 2 aromatic heterocycles. The number of hydrogen-bond acceptors (Lipinski definition) is 3. The Morgan fingerprint density at radius 3 is 2.00 bits per heavy atom. The fraction of sp³-hybridized carbons (Fsp3) is 0. The van der Waals surface area contributed by atoms with Crippen molar-refractivity contribution in [3.8, 4) is 0 Å². The Labute approximate surface area is 240 Å². The van der Waals surface area contributed by atoms with Crippen LogP contribution >= 0.6 is 11.3 Å². The van der Waals surface area contributed by atoms with E-state index >= 15 is 0 Å². The molecule has 0 atom stereocenters. The number of furan rings is 1. The Kier molecular flexibility index (Phi) is 4.80. The lowest BCUT2D eigenvalue weighted by Crippen LogP contribution is -2.09. The number of benzene rings is 7. The molecule has 192 valence electrons. The first-order valence-electron chi connectivity index (χ1n) is 13.9. The first kappa shape index (κ1) is 22.7. The zero-order chi connectivity index (χ0) is 26.9. The van der Waals surface area contributed by atoms with Crippen molar-refractivity contribution in [3.63, 3.8) is 0 Å². The van der Waals surface area contributed by atoms with Crippen molar-refractivity contribution in [2.75, 3.05) is 4.90 Å². The molecular weight excluding hydrogens is 518 g/mol. The predicted octanol–water partition coefficient (Wildman–Crippen LogP) is 11.7. The summed E-state index contributed by atoms with van der Waals surface area (Å²) in [6.45, 7) is 0. The minimum Gasteiger partial charge on any atom is -0.456 e. The van der Waals surface area contributed by atoms with Crippen molar-refractivity contribution in [1.82, 2.24) is 0 Å². The van der Waals surface area contributed by atoms with Gasteiger partial charge in [-0.15, -0.1) is 11.3 Å². The van der Waals surface area contributed by atoms with Crippen LogP contribution in [0.15, 0.2) is 144 Å². The molecule has 0 spiro atoms. The van der Waals surface area contributed by atoms with Crippen LogP contribution in [0, 0.1) is 0 Å². The summed E-state index contributed by atoms with van der Waals surface area (Å²) in [5, 5.41) is 10.0. The maximum absolute atomic E-state index is 6.15. The predicted molar refractivity (Wildman–Crippen MR) is 176 cm³/mol. The maximum Gasteiger partial charge on any atom is 0.135 e. The highest BCUT2D eigenvalue weighted by molar-refractivity contribution is 7.26. The summed E-state index contributed by atoms with van der Waals surface area (Å²) in [5.41, 5.74) is 5.16. The van der Waals surface area contributed by atoms with Gasteiger partial charge in [0.05, 0.1) is 0 Å². The molecule has 7 aromatic carbocycles. The Hall–Kier alpha value is -5.12. The van der Waals surface area contributed by atoms with E-state index in [0.29, 0.717) is 0 Å². The Morgan fingerprint density at radius 2 is 1.10 bits per heavy atom. The van der Waals surface area contributed by atoms with E-state index in [2.05, 4.69) is 132 Å². The molecule has 0 fully saturated rings. The summed E-state index contributed by atoms with van der Waals surface area (Å²) in [5.74, 6) is 0. The van der Waals surface area contributed by atoms with Crippen molar-refractivity contribution in [3.05, 3.63) is 140 Å². The average molecular weight is 542 g/mol. The third-order valence-electron chi connectivity index (χ3n) is 8.22. The van der Waals surface area contributed by atoms with Crippen molar-refractivity contribution in [2.24, 2.45) is 0 Å². The van der Waals surface area contributed by atoms with Crippen molar-refractivity contribution >= 4 is 92.1 Å². The van der Waals surface area contributed by atoms with E-state index in [4.69, 9.17) is 4.42 Å². The second-order valence-corrected chi connectivity index (χ2v) is 11.6. The molecule has 0 bridgehead atoms. The van der Waals surface area contributed by atoms with Crippen LogP contribution in [-0.2, 0) is 0 Å². The lowest BCUT2D eigenvalue weighted by atomic mass is 9.99. The minimum absolute atomic E-state index is 0.902. The Balaban J connectivity index is 1.33. The highest BCUT2D eigenvalue weighted by Gasteiger charge is 2.17. The maximum atomic E-state index is 6.15. The molecule has 0 N–H and O–H groups in total. The summed E-state index contributed by atoms with van der Waals surface area (Å²) in [6.07, 6.45) is 0. The quantitative estimate of drug-likeness (QED) is 0.207. The lowest BCUT2D eigenvalue weighted by molar-refractivity contribution is 0.669. The van der Waals surface area contributed by atoms with Gasteiger partial charge >= 0.3 is 0 Å². The molecule has 0 radical (unpaired) electrons. The van der Waals surface area contributed by atoms with Gasteiger partial charge in [0, 0.05) is 53.4 Å². The summed E-state index contributed by atoms with van der Waals surface area (Å²) in [7, 11) is 0. The molecule has 9 rings (SSSR count). The van der Waals surface area contributed by atoms with E-state index in [0.717, 1.165) is 39.0 Å². The molecule has 0 amide bonds. The van der Waals surface area contributed by atoms with Gasteiger partial charge in [-0.1, -0.05) is 84.9 Å². The number of hydrogen-bond donors (Lipinski definition) is 0. The second kappa shape index (κ2) is 8.69. The number of fused-ring (bicyclic) bond motifs is 10. The second-order valence-electron chi connectivity index (χ2n) is 10.6. The van der Waals surface area contributed by atoms with Crippen LogP contribution in [0.25, 0.3) is 63.7 Å². The van der Waals surface area contributed by atoms with E-state index in [9.17, 15) is 0 Å². The molecule has 0 aliphatic carbocycles. The standard InChI is InChI=1S/C38H23NOS/c1-2-8-26(9-3-1)39(28-19-21-35-33(23-28)29-10-4-6-12-34(29)40-35)27-18-16-24-14-15-25-17-20-31-30-11-5-7-13-36(30)41-38(31)37(25)32(24)22-27/h1-23H. The Bertz CT molecular complexity index is 2430. The van der Waals surface area contributed by atoms with E-state index in [-0.39, 0.29) is 0 Å². The van der Waals surface area contributed by atoms with E-state index < -0.39 is 0 Å². The van der Waals surface area contributed by atoms with Gasteiger partial charge in [0.1, 0.15) is 11.2 Å². The average Bonchev–Trinajstić information content (AvgIpc) is 3.60. The summed E-state index contributed by atoms with van der Waals surface area (Å²) < 4.78 is 8.83. The van der Waals surface area contributed by atoms with Crippen LogP contribution in [0.5, 0.6) is 0 Å². The smallest absolute Gasteiger partial charge is 0.135 e. The van der Waals surface area contributed by atoms with Crippen molar-refractivity contribution < 1.29 is 4.42 Å². The first-order chi connectivity index (χ1) is 20.3. The summed E-state index contributed by atoms with van der Waals surface area (Å²) in [4.78, 5) is 2.35. The molecule has 9 aromatic rings. The van der Waals surface area contributed by atoms with E-state index in [1.54, 1.807) is 0 Å². The molecule has 0 aliphatic rings. The molecule has 0 aliphatic heterocycles. The number of rotatable bonds is 3. The van der Waals surface area contributed by atoms with Gasteiger partial charge in [0.25, 0.3) is 0 Å². The van der Waals surface area contributed by atoms with Gasteiger partial charge in [-0.05, 0) is 70.8 Å². The van der Waals surface area contributed by atoms with Crippen LogP contribution in [-0.4, -0.2) is 0 Å². The highest BCUT2D eigenvalue weighted by atomic mass is 32.1. The van der Waals surface area contributed by atoms with Gasteiger partial charge < -0.3 is 9.32 Å². The fourth-order valence-electron chi connectivity index (χ4n) is 6.32. The molecule has 2 heterocycles. The molecule has 0 saturated carbocycles. The van der Waals surface area contributed by atoms with Crippen LogP contribution in [0.2, 0.25) is 0 Å². The topological polar surface area (TPSA) is 16.4 Å². The van der Waals surface area contributed by atoms with Crippen molar-refractivity contribution in [1.29, 1.82) is 0 Å². The van der Waals surface area contributed by atoms with Gasteiger partial charge in [-0.2, -0.15) is 0 Å². The van der Waals surface area contributed by atoms with Crippen LogP contribution in [0.3, 0.4) is 0 Å². The van der Waals surface area contributed by atoms with E-state index in [1.807, 2.05) is 23.5 Å². The van der Waals surface area contributed by atoms with Crippen LogP contribution < -0.4 is 4.90 Å². The molecule has 3 heteroatoms. The molecule has 0 saturated heterocycles. The molecule has 0 unspecified atom stereocenters. The monoisotopic (exact) mass is 541 g/mol. The van der Waals surface area contributed by atoms with Crippen molar-refractivity contribution in [2.45, 2.75) is 0 Å². The summed E-state index contributed by atoms with van der Waals surface area (Å²) in [6, 6.07) is 50.1. The van der Waals surface area contributed by atoms with Gasteiger partial charge in [-0.25, -0.2) is 0 Å². The largest absolute Gasteiger partial charge is 0.456 e. The third-order valence-corrected chi connectivity index (χ3v) is 9.42. The van der Waals surface area contributed by atoms with E-state index in [1.165, 1.54) is 41.7 Å². The summed E-state index contributed by atoms with van der Waals surface area (Å²) >= 11 is 1.89. The number of thiophene rings is 1. The molecule has 2 nitrogen and oxygen atoms in total. The van der Waals surface area contributed by atoms with Crippen LogP contribution in [0.4, 0.5) is 17.1 Å². The number of anilines is 3. The Morgan fingerprint density at radius 1 is 0.439 bits per heavy atom. The lowest BCUT2D eigenvalue weighted by Gasteiger charge is -2.26. The number of para-hydroxylation sites is 2. The number of nitrogens with zero attached hydrogens (tertiary/aromatic N) is 1. The highest BCUT2D eigenvalue weighted by Crippen LogP contribution is 2.44. The zero-order valence-electron chi connectivity index (χ0n) is 22.0. The molecule has 41 heavy (non-hydrogen) atoms.